The highest BCUT2D eigenvalue weighted by Gasteiger charge is 2.13. The van der Waals surface area contributed by atoms with Crippen molar-refractivity contribution in [2.75, 3.05) is 24.2 Å². The van der Waals surface area contributed by atoms with Crippen LogP contribution in [0.1, 0.15) is 46.0 Å². The normalized spacial score (nSPS) is 16.4. The third-order valence-corrected chi connectivity index (χ3v) is 3.74. The van der Waals surface area contributed by atoms with Crippen molar-refractivity contribution in [3.05, 3.63) is 12.1 Å². The number of nitrogens with zero attached hydrogens (tertiary/aromatic N) is 1. The van der Waals surface area contributed by atoms with Crippen LogP contribution < -0.4 is 15.8 Å². The van der Waals surface area contributed by atoms with Gasteiger partial charge in [-0.05, 0) is 36.8 Å². The Bertz CT molecular complexity index is 414. The molecule has 1 aliphatic carbocycles. The SMILES string of the molecule is CC(C)COc1nc(NCC2CCCCC2)ccc1N. The summed E-state index contributed by atoms with van der Waals surface area (Å²) in [4.78, 5) is 4.47. The van der Waals surface area contributed by atoms with E-state index in [1.165, 1.54) is 32.1 Å². The van der Waals surface area contributed by atoms with Crippen molar-refractivity contribution in [1.29, 1.82) is 0 Å². The standard InChI is InChI=1S/C16H27N3O/c1-12(2)11-20-16-14(17)8-9-15(19-16)18-10-13-6-4-3-5-7-13/h8-9,12-13H,3-7,10-11,17H2,1-2H3,(H,18,19). The molecule has 1 aromatic heterocycles. The Morgan fingerprint density at radius 2 is 2.05 bits per heavy atom. The number of hydrogen-bond donors (Lipinski definition) is 2. The van der Waals surface area contributed by atoms with Crippen molar-refractivity contribution in [3.8, 4) is 5.88 Å². The Hall–Kier alpha value is -1.45. The van der Waals surface area contributed by atoms with Gasteiger partial charge in [-0.1, -0.05) is 33.1 Å². The lowest BCUT2D eigenvalue weighted by atomic mass is 9.89. The van der Waals surface area contributed by atoms with E-state index in [2.05, 4.69) is 24.1 Å². The molecule has 0 aliphatic heterocycles. The molecular weight excluding hydrogens is 250 g/mol. The first-order chi connectivity index (χ1) is 9.65. The molecule has 0 unspecified atom stereocenters. The molecule has 112 valence electrons. The molecular formula is C16H27N3O. The Balaban J connectivity index is 1.89. The first-order valence-corrected chi connectivity index (χ1v) is 7.78. The van der Waals surface area contributed by atoms with Crippen LogP contribution in [0.4, 0.5) is 11.5 Å². The van der Waals surface area contributed by atoms with E-state index in [9.17, 15) is 0 Å². The molecule has 1 heterocycles. The van der Waals surface area contributed by atoms with Crippen LogP contribution in [0.5, 0.6) is 5.88 Å². The summed E-state index contributed by atoms with van der Waals surface area (Å²) in [5.74, 6) is 2.66. The van der Waals surface area contributed by atoms with Crippen LogP contribution in [0.15, 0.2) is 12.1 Å². The summed E-state index contributed by atoms with van der Waals surface area (Å²) in [6.07, 6.45) is 6.79. The number of nitrogen functional groups attached to an aromatic ring is 1. The van der Waals surface area contributed by atoms with Crippen LogP contribution >= 0.6 is 0 Å². The van der Waals surface area contributed by atoms with Crippen molar-refractivity contribution in [3.63, 3.8) is 0 Å². The molecule has 3 N–H and O–H groups in total. The van der Waals surface area contributed by atoms with Gasteiger partial charge in [0.2, 0.25) is 5.88 Å². The maximum atomic E-state index is 5.90. The predicted molar refractivity (Wildman–Crippen MR) is 84.0 cm³/mol. The van der Waals surface area contributed by atoms with Gasteiger partial charge in [-0.25, -0.2) is 0 Å². The van der Waals surface area contributed by atoms with E-state index in [0.717, 1.165) is 18.3 Å². The van der Waals surface area contributed by atoms with E-state index < -0.39 is 0 Å². The first-order valence-electron chi connectivity index (χ1n) is 7.78. The van der Waals surface area contributed by atoms with Crippen LogP contribution in [-0.2, 0) is 0 Å². The van der Waals surface area contributed by atoms with E-state index in [0.29, 0.717) is 24.1 Å². The van der Waals surface area contributed by atoms with Gasteiger partial charge in [-0.15, -0.1) is 0 Å². The number of rotatable bonds is 6. The summed E-state index contributed by atoms with van der Waals surface area (Å²) in [6, 6.07) is 3.80. The molecule has 0 spiro atoms. The Morgan fingerprint density at radius 3 is 2.75 bits per heavy atom. The maximum Gasteiger partial charge on any atom is 0.239 e. The van der Waals surface area contributed by atoms with Crippen LogP contribution in [0.3, 0.4) is 0 Å². The number of nitrogens with two attached hydrogens (primary N) is 1. The lowest BCUT2D eigenvalue weighted by Crippen LogP contribution is -2.18. The van der Waals surface area contributed by atoms with E-state index in [-0.39, 0.29) is 0 Å². The first kappa shape index (κ1) is 14.9. The zero-order valence-corrected chi connectivity index (χ0v) is 12.7. The monoisotopic (exact) mass is 277 g/mol. The van der Waals surface area contributed by atoms with Crippen molar-refractivity contribution in [2.45, 2.75) is 46.0 Å². The van der Waals surface area contributed by atoms with Gasteiger partial charge in [0.05, 0.1) is 12.3 Å². The van der Waals surface area contributed by atoms with Crippen molar-refractivity contribution in [1.82, 2.24) is 4.98 Å². The largest absolute Gasteiger partial charge is 0.476 e. The minimum Gasteiger partial charge on any atom is -0.476 e. The maximum absolute atomic E-state index is 5.90. The Labute approximate surface area is 122 Å². The number of ether oxygens (including phenoxy) is 1. The molecule has 4 heteroatoms. The van der Waals surface area contributed by atoms with Gasteiger partial charge in [0.1, 0.15) is 5.82 Å². The van der Waals surface area contributed by atoms with Gasteiger partial charge >= 0.3 is 0 Å². The highest BCUT2D eigenvalue weighted by atomic mass is 16.5. The Morgan fingerprint density at radius 1 is 1.30 bits per heavy atom. The lowest BCUT2D eigenvalue weighted by Gasteiger charge is -2.22. The minimum absolute atomic E-state index is 0.468. The number of nitrogens with one attached hydrogen (secondary N) is 1. The average molecular weight is 277 g/mol. The molecule has 0 aromatic carbocycles. The molecule has 2 rings (SSSR count). The average Bonchev–Trinajstić information content (AvgIpc) is 2.46. The summed E-state index contributed by atoms with van der Waals surface area (Å²) in [5.41, 5.74) is 6.50. The smallest absolute Gasteiger partial charge is 0.239 e. The summed E-state index contributed by atoms with van der Waals surface area (Å²) < 4.78 is 5.65. The molecule has 1 aromatic rings. The molecule has 0 saturated heterocycles. The van der Waals surface area contributed by atoms with E-state index in [1.54, 1.807) is 0 Å². The van der Waals surface area contributed by atoms with Crippen molar-refractivity contribution in [2.24, 2.45) is 11.8 Å². The summed E-state index contributed by atoms with van der Waals surface area (Å²) in [6.45, 7) is 5.87. The molecule has 0 atom stereocenters. The predicted octanol–water partition coefficient (Wildman–Crippen LogP) is 3.69. The quantitative estimate of drug-likeness (QED) is 0.832. The topological polar surface area (TPSA) is 60.2 Å². The minimum atomic E-state index is 0.468. The van der Waals surface area contributed by atoms with Gasteiger partial charge in [0.25, 0.3) is 0 Å². The second-order valence-corrected chi connectivity index (χ2v) is 6.18. The third-order valence-electron chi connectivity index (χ3n) is 3.74. The van der Waals surface area contributed by atoms with Crippen molar-refractivity contribution >= 4 is 11.5 Å². The second kappa shape index (κ2) is 7.36. The van der Waals surface area contributed by atoms with Crippen LogP contribution in [0, 0.1) is 11.8 Å². The summed E-state index contributed by atoms with van der Waals surface area (Å²) in [5, 5.41) is 3.42. The van der Waals surface area contributed by atoms with E-state index >= 15 is 0 Å². The zero-order valence-electron chi connectivity index (χ0n) is 12.7. The highest BCUT2D eigenvalue weighted by Crippen LogP contribution is 2.25. The molecule has 4 nitrogen and oxygen atoms in total. The molecule has 1 saturated carbocycles. The van der Waals surface area contributed by atoms with Gasteiger partial charge in [0, 0.05) is 6.54 Å². The molecule has 0 radical (unpaired) electrons. The van der Waals surface area contributed by atoms with Crippen LogP contribution in [-0.4, -0.2) is 18.1 Å². The van der Waals surface area contributed by atoms with Crippen LogP contribution in [0.2, 0.25) is 0 Å². The molecule has 0 amide bonds. The van der Waals surface area contributed by atoms with Gasteiger partial charge < -0.3 is 15.8 Å². The summed E-state index contributed by atoms with van der Waals surface area (Å²) in [7, 11) is 0. The second-order valence-electron chi connectivity index (χ2n) is 6.18. The summed E-state index contributed by atoms with van der Waals surface area (Å²) >= 11 is 0. The van der Waals surface area contributed by atoms with Gasteiger partial charge in [-0.3, -0.25) is 0 Å². The molecule has 20 heavy (non-hydrogen) atoms. The number of hydrogen-bond acceptors (Lipinski definition) is 4. The third kappa shape index (κ3) is 4.58. The fourth-order valence-corrected chi connectivity index (χ4v) is 2.55. The van der Waals surface area contributed by atoms with Crippen LogP contribution in [0.25, 0.3) is 0 Å². The van der Waals surface area contributed by atoms with Crippen molar-refractivity contribution < 1.29 is 4.74 Å². The number of pyridine rings is 1. The fraction of sp³-hybridized carbons (Fsp3) is 0.688. The van der Waals surface area contributed by atoms with E-state index in [4.69, 9.17) is 10.5 Å². The highest BCUT2D eigenvalue weighted by molar-refractivity contribution is 5.53. The lowest BCUT2D eigenvalue weighted by molar-refractivity contribution is 0.263. The Kier molecular flexibility index (Phi) is 5.50. The fourth-order valence-electron chi connectivity index (χ4n) is 2.55. The molecule has 1 aliphatic rings. The van der Waals surface area contributed by atoms with E-state index in [1.807, 2.05) is 12.1 Å². The molecule has 1 fully saturated rings. The number of anilines is 2. The van der Waals surface area contributed by atoms with Gasteiger partial charge in [-0.2, -0.15) is 4.98 Å². The zero-order chi connectivity index (χ0) is 14.4. The van der Waals surface area contributed by atoms with Gasteiger partial charge in [0.15, 0.2) is 0 Å². The number of aromatic nitrogens is 1. The molecule has 0 bridgehead atoms.